The first-order chi connectivity index (χ1) is 20.8. The zero-order chi connectivity index (χ0) is 30.6. The number of carbonyl (C=O) groups is 3. The number of hydrogen-bond acceptors (Lipinski definition) is 7. The topological polar surface area (TPSA) is 103 Å². The molecule has 0 aliphatic heterocycles. The van der Waals surface area contributed by atoms with E-state index in [-0.39, 0.29) is 29.2 Å². The Hall–Kier alpha value is -4.66. The molecule has 1 amide bonds. The molecule has 0 heterocycles. The lowest BCUT2D eigenvalue weighted by Gasteiger charge is -2.11. The number of nitrogens with zero attached hydrogens (tertiary/aromatic N) is 1. The minimum Gasteiger partial charge on any atom is -0.484 e. The summed E-state index contributed by atoms with van der Waals surface area (Å²) in [5.41, 5.74) is 4.46. The first-order valence-electron chi connectivity index (χ1n) is 13.4. The largest absolute Gasteiger partial charge is 0.484 e. The van der Waals surface area contributed by atoms with Gasteiger partial charge in [-0.25, -0.2) is 15.0 Å². The second-order valence-electron chi connectivity index (χ2n) is 9.32. The van der Waals surface area contributed by atoms with E-state index in [1.807, 2.05) is 24.3 Å². The summed E-state index contributed by atoms with van der Waals surface area (Å²) in [4.78, 5) is 37.7. The Morgan fingerprint density at radius 1 is 0.767 bits per heavy atom. The van der Waals surface area contributed by atoms with Crippen LogP contribution in [-0.2, 0) is 11.2 Å². The number of nitrogens with one attached hydrogen (secondary N) is 1. The second kappa shape index (κ2) is 15.5. The van der Waals surface area contributed by atoms with Gasteiger partial charge in [-0.2, -0.15) is 5.10 Å². The summed E-state index contributed by atoms with van der Waals surface area (Å²) in [5.74, 6) is -1.06. The number of benzene rings is 4. The van der Waals surface area contributed by atoms with Crippen molar-refractivity contribution in [2.75, 3.05) is 6.61 Å². The molecule has 4 aromatic rings. The van der Waals surface area contributed by atoms with Crippen molar-refractivity contribution in [3.8, 4) is 17.2 Å². The van der Waals surface area contributed by atoms with E-state index in [4.69, 9.17) is 37.4 Å². The molecule has 0 saturated heterocycles. The lowest BCUT2D eigenvalue weighted by Crippen LogP contribution is -2.24. The van der Waals surface area contributed by atoms with Crippen molar-refractivity contribution >= 4 is 47.3 Å². The van der Waals surface area contributed by atoms with Crippen LogP contribution in [0.2, 0.25) is 10.0 Å². The van der Waals surface area contributed by atoms with Crippen LogP contribution in [0.15, 0.2) is 96.1 Å². The quantitative estimate of drug-likeness (QED) is 0.0773. The third-order valence-electron chi connectivity index (χ3n) is 6.06. The van der Waals surface area contributed by atoms with Crippen LogP contribution < -0.4 is 19.6 Å². The Morgan fingerprint density at radius 2 is 1.35 bits per heavy atom. The number of rotatable bonds is 12. The van der Waals surface area contributed by atoms with E-state index >= 15 is 0 Å². The van der Waals surface area contributed by atoms with E-state index in [9.17, 15) is 14.4 Å². The summed E-state index contributed by atoms with van der Waals surface area (Å²) in [6, 6.07) is 24.4. The van der Waals surface area contributed by atoms with Crippen LogP contribution in [0.5, 0.6) is 17.2 Å². The second-order valence-corrected chi connectivity index (χ2v) is 10.2. The summed E-state index contributed by atoms with van der Waals surface area (Å²) in [7, 11) is 0. The number of ether oxygens (including phenoxy) is 3. The molecule has 0 aromatic heterocycles. The molecular weight excluding hydrogens is 591 g/mol. The standard InChI is InChI=1S/C33H28Cl2N2O6/c1-2-3-4-22-5-16-28(17-6-22)41-21-31(38)37-36-20-25-11-18-29(42-32(39)23-7-12-26(34)13-8-23)19-30(25)43-33(40)24-9-14-27(35)15-10-24/h5-20H,2-4,21H2,1H3,(H,37,38). The Labute approximate surface area is 259 Å². The van der Waals surface area contributed by atoms with Crippen LogP contribution in [-0.4, -0.2) is 30.7 Å². The minimum absolute atomic E-state index is 0.0405. The summed E-state index contributed by atoms with van der Waals surface area (Å²) in [6.45, 7) is 1.90. The lowest BCUT2D eigenvalue weighted by atomic mass is 10.1. The van der Waals surface area contributed by atoms with Gasteiger partial charge in [0.1, 0.15) is 17.2 Å². The number of unbranched alkanes of at least 4 members (excludes halogenated alkanes) is 1. The van der Waals surface area contributed by atoms with Crippen LogP contribution >= 0.6 is 23.2 Å². The highest BCUT2D eigenvalue weighted by molar-refractivity contribution is 6.31. The summed E-state index contributed by atoms with van der Waals surface area (Å²) >= 11 is 11.8. The highest BCUT2D eigenvalue weighted by Crippen LogP contribution is 2.26. The third-order valence-corrected chi connectivity index (χ3v) is 6.57. The van der Waals surface area contributed by atoms with Crippen molar-refractivity contribution in [1.82, 2.24) is 5.43 Å². The van der Waals surface area contributed by atoms with Gasteiger partial charge in [0.05, 0.1) is 17.3 Å². The normalized spacial score (nSPS) is 10.8. The Bertz CT molecular complexity index is 1590. The van der Waals surface area contributed by atoms with Crippen molar-refractivity contribution in [2.45, 2.75) is 26.2 Å². The molecule has 4 rings (SSSR count). The van der Waals surface area contributed by atoms with Crippen LogP contribution in [0.25, 0.3) is 0 Å². The van der Waals surface area contributed by atoms with Crippen LogP contribution in [0.4, 0.5) is 0 Å². The van der Waals surface area contributed by atoms with Crippen LogP contribution in [0, 0.1) is 0 Å². The van der Waals surface area contributed by atoms with E-state index in [0.717, 1.165) is 19.3 Å². The first-order valence-corrected chi connectivity index (χ1v) is 14.2. The van der Waals surface area contributed by atoms with Crippen molar-refractivity contribution in [3.05, 3.63) is 123 Å². The Morgan fingerprint density at radius 3 is 1.95 bits per heavy atom. The molecule has 0 aliphatic carbocycles. The van der Waals surface area contributed by atoms with Gasteiger partial charge in [0, 0.05) is 21.7 Å². The number of esters is 2. The molecule has 4 aromatic carbocycles. The molecule has 0 radical (unpaired) electrons. The van der Waals surface area contributed by atoms with Crippen molar-refractivity contribution < 1.29 is 28.6 Å². The molecular formula is C33H28Cl2N2O6. The van der Waals surface area contributed by atoms with E-state index < -0.39 is 17.8 Å². The maximum Gasteiger partial charge on any atom is 0.343 e. The van der Waals surface area contributed by atoms with Crippen LogP contribution in [0.1, 0.15) is 51.6 Å². The summed E-state index contributed by atoms with van der Waals surface area (Å²) in [5, 5.41) is 4.91. The average Bonchev–Trinajstić information content (AvgIpc) is 3.01. The minimum atomic E-state index is -0.675. The van der Waals surface area contributed by atoms with Gasteiger partial charge in [-0.3, -0.25) is 4.79 Å². The van der Waals surface area contributed by atoms with Gasteiger partial charge in [-0.1, -0.05) is 48.7 Å². The van der Waals surface area contributed by atoms with Crippen molar-refractivity contribution in [1.29, 1.82) is 0 Å². The van der Waals surface area contributed by atoms with Gasteiger partial charge in [0.15, 0.2) is 6.61 Å². The van der Waals surface area contributed by atoms with Crippen molar-refractivity contribution in [3.63, 3.8) is 0 Å². The predicted octanol–water partition coefficient (Wildman–Crippen LogP) is 7.30. The monoisotopic (exact) mass is 618 g/mol. The Kier molecular flexibility index (Phi) is 11.3. The lowest BCUT2D eigenvalue weighted by molar-refractivity contribution is -0.123. The molecule has 0 saturated carbocycles. The molecule has 8 nitrogen and oxygen atoms in total. The van der Waals surface area contributed by atoms with Gasteiger partial charge < -0.3 is 14.2 Å². The Balaban J connectivity index is 1.43. The SMILES string of the molecule is CCCCc1ccc(OCC(=O)NN=Cc2ccc(OC(=O)c3ccc(Cl)cc3)cc2OC(=O)c2ccc(Cl)cc2)cc1. The molecule has 10 heteroatoms. The molecule has 0 fully saturated rings. The average molecular weight is 620 g/mol. The fraction of sp³-hybridized carbons (Fsp3) is 0.152. The molecule has 0 aliphatic rings. The fourth-order valence-corrected chi connectivity index (χ4v) is 4.01. The van der Waals surface area contributed by atoms with Crippen LogP contribution in [0.3, 0.4) is 0 Å². The molecule has 43 heavy (non-hydrogen) atoms. The predicted molar refractivity (Wildman–Crippen MR) is 166 cm³/mol. The van der Waals surface area contributed by atoms with Gasteiger partial charge in [0.25, 0.3) is 5.91 Å². The highest BCUT2D eigenvalue weighted by atomic mass is 35.5. The van der Waals surface area contributed by atoms with Crippen molar-refractivity contribution in [2.24, 2.45) is 5.10 Å². The number of hydrogen-bond donors (Lipinski definition) is 1. The zero-order valence-electron chi connectivity index (χ0n) is 23.2. The molecule has 0 unspecified atom stereocenters. The van der Waals surface area contributed by atoms with E-state index in [1.165, 1.54) is 54.2 Å². The molecule has 0 spiro atoms. The summed E-state index contributed by atoms with van der Waals surface area (Å²) < 4.78 is 16.6. The molecule has 1 N–H and O–H groups in total. The van der Waals surface area contributed by atoms with E-state index in [2.05, 4.69) is 17.5 Å². The van der Waals surface area contributed by atoms with E-state index in [1.54, 1.807) is 24.3 Å². The zero-order valence-corrected chi connectivity index (χ0v) is 24.7. The highest BCUT2D eigenvalue weighted by Gasteiger charge is 2.15. The first kappa shape index (κ1) is 31.3. The summed E-state index contributed by atoms with van der Waals surface area (Å²) in [6.07, 6.45) is 4.53. The number of carbonyl (C=O) groups excluding carboxylic acids is 3. The van der Waals surface area contributed by atoms with Gasteiger partial charge in [-0.15, -0.1) is 0 Å². The maximum absolute atomic E-state index is 12.8. The third kappa shape index (κ3) is 9.70. The molecule has 220 valence electrons. The fourth-order valence-electron chi connectivity index (χ4n) is 3.76. The van der Waals surface area contributed by atoms with Gasteiger partial charge >= 0.3 is 11.9 Å². The van der Waals surface area contributed by atoms with E-state index in [0.29, 0.717) is 21.4 Å². The number of hydrazone groups is 1. The number of amides is 1. The molecule has 0 bridgehead atoms. The van der Waals surface area contributed by atoms with Gasteiger partial charge in [-0.05, 0) is 91.2 Å². The molecule has 0 atom stereocenters. The van der Waals surface area contributed by atoms with Gasteiger partial charge in [0.2, 0.25) is 0 Å². The number of aryl methyl sites for hydroxylation is 1. The maximum atomic E-state index is 12.8. The smallest absolute Gasteiger partial charge is 0.343 e. The number of halogens is 2.